The zero-order chi connectivity index (χ0) is 16.2. The summed E-state index contributed by atoms with van der Waals surface area (Å²) in [5.41, 5.74) is 3.10. The standard InChI is InChI=1S/C12H18N4O4S/c1-4-8(2)9(3)14-15-11-6-5-10(21(13,19)20)7-12(11)16(17)18/h5-8,15H,4H2,1-3H3,(H2,13,19,20)/b14-9+. The van der Waals surface area contributed by atoms with Crippen LogP contribution in [0.1, 0.15) is 27.2 Å². The zero-order valence-electron chi connectivity index (χ0n) is 12.0. The second kappa shape index (κ2) is 6.64. The lowest BCUT2D eigenvalue weighted by atomic mass is 10.1. The molecule has 0 heterocycles. The second-order valence-corrected chi connectivity index (χ2v) is 6.22. The van der Waals surface area contributed by atoms with E-state index in [0.29, 0.717) is 0 Å². The van der Waals surface area contributed by atoms with E-state index in [1.165, 1.54) is 12.1 Å². The molecule has 1 aromatic rings. The number of primary sulfonamides is 1. The van der Waals surface area contributed by atoms with Gasteiger partial charge in [-0.05, 0) is 31.4 Å². The molecule has 0 aliphatic carbocycles. The van der Waals surface area contributed by atoms with Gasteiger partial charge in [-0.25, -0.2) is 13.6 Å². The molecule has 9 heteroatoms. The number of benzene rings is 1. The van der Waals surface area contributed by atoms with Crippen LogP contribution in [0, 0.1) is 16.0 Å². The zero-order valence-corrected chi connectivity index (χ0v) is 12.8. The Morgan fingerprint density at radius 1 is 1.52 bits per heavy atom. The normalized spacial score (nSPS) is 13.8. The number of nitrogens with zero attached hydrogens (tertiary/aromatic N) is 2. The Morgan fingerprint density at radius 3 is 2.62 bits per heavy atom. The molecule has 8 nitrogen and oxygen atoms in total. The fourth-order valence-corrected chi connectivity index (χ4v) is 2.02. The lowest BCUT2D eigenvalue weighted by Crippen LogP contribution is -2.13. The van der Waals surface area contributed by atoms with Crippen LogP contribution in [0.15, 0.2) is 28.2 Å². The molecule has 1 aromatic carbocycles. The summed E-state index contributed by atoms with van der Waals surface area (Å²) >= 11 is 0. The van der Waals surface area contributed by atoms with Crippen molar-refractivity contribution in [3.8, 4) is 0 Å². The van der Waals surface area contributed by atoms with Gasteiger partial charge in [-0.3, -0.25) is 15.5 Å². The second-order valence-electron chi connectivity index (χ2n) is 4.66. The minimum Gasteiger partial charge on any atom is -0.272 e. The molecule has 116 valence electrons. The van der Waals surface area contributed by atoms with Crippen molar-refractivity contribution in [2.75, 3.05) is 5.43 Å². The summed E-state index contributed by atoms with van der Waals surface area (Å²) in [4.78, 5) is 10.0. The van der Waals surface area contributed by atoms with E-state index in [2.05, 4.69) is 10.5 Å². The lowest BCUT2D eigenvalue weighted by Gasteiger charge is -2.09. The topological polar surface area (TPSA) is 128 Å². The van der Waals surface area contributed by atoms with Crippen molar-refractivity contribution in [2.24, 2.45) is 16.2 Å². The number of sulfonamides is 1. The van der Waals surface area contributed by atoms with E-state index < -0.39 is 20.6 Å². The molecule has 0 aliphatic heterocycles. The summed E-state index contributed by atoms with van der Waals surface area (Å²) in [6.45, 7) is 5.80. The van der Waals surface area contributed by atoms with Gasteiger partial charge in [0.2, 0.25) is 10.0 Å². The largest absolute Gasteiger partial charge is 0.295 e. The Kier molecular flexibility index (Phi) is 5.39. The van der Waals surface area contributed by atoms with Gasteiger partial charge in [-0.15, -0.1) is 0 Å². The van der Waals surface area contributed by atoms with E-state index >= 15 is 0 Å². The monoisotopic (exact) mass is 314 g/mol. The molecule has 0 aliphatic rings. The van der Waals surface area contributed by atoms with Crippen LogP contribution < -0.4 is 10.6 Å². The van der Waals surface area contributed by atoms with Crippen molar-refractivity contribution in [1.82, 2.24) is 0 Å². The molecule has 0 aromatic heterocycles. The average Bonchev–Trinajstić information content (AvgIpc) is 2.42. The number of nitrogens with one attached hydrogen (secondary N) is 1. The Bertz CT molecular complexity index is 670. The molecule has 1 atom stereocenters. The quantitative estimate of drug-likeness (QED) is 0.472. The number of nitrogens with two attached hydrogens (primary N) is 1. The van der Waals surface area contributed by atoms with Gasteiger partial charge in [0.1, 0.15) is 5.69 Å². The third-order valence-electron chi connectivity index (χ3n) is 3.17. The van der Waals surface area contributed by atoms with Crippen LogP contribution in [0.3, 0.4) is 0 Å². The van der Waals surface area contributed by atoms with Gasteiger partial charge in [0.25, 0.3) is 5.69 Å². The van der Waals surface area contributed by atoms with Crippen LogP contribution >= 0.6 is 0 Å². The highest BCUT2D eigenvalue weighted by molar-refractivity contribution is 7.89. The number of hydrogen-bond donors (Lipinski definition) is 2. The molecule has 3 N–H and O–H groups in total. The fourth-order valence-electron chi connectivity index (χ4n) is 1.49. The smallest absolute Gasteiger partial charge is 0.272 e. The summed E-state index contributed by atoms with van der Waals surface area (Å²) in [7, 11) is -3.99. The molecule has 0 saturated carbocycles. The molecule has 0 radical (unpaired) electrons. The van der Waals surface area contributed by atoms with Crippen LogP contribution in [0.4, 0.5) is 11.4 Å². The van der Waals surface area contributed by atoms with Gasteiger partial charge in [0, 0.05) is 11.8 Å². The summed E-state index contributed by atoms with van der Waals surface area (Å²) < 4.78 is 22.4. The van der Waals surface area contributed by atoms with E-state index in [4.69, 9.17) is 5.14 Å². The summed E-state index contributed by atoms with van der Waals surface area (Å²) in [5, 5.41) is 20.1. The molecule has 0 bridgehead atoms. The third kappa shape index (κ3) is 4.50. The Morgan fingerprint density at radius 2 is 2.14 bits per heavy atom. The number of hydrogen-bond acceptors (Lipinski definition) is 6. The molecule has 0 spiro atoms. The maximum atomic E-state index is 11.2. The average molecular weight is 314 g/mol. The van der Waals surface area contributed by atoms with Crippen LogP contribution in [-0.4, -0.2) is 19.1 Å². The van der Waals surface area contributed by atoms with Crippen LogP contribution in [-0.2, 0) is 10.0 Å². The molecule has 0 amide bonds. The maximum absolute atomic E-state index is 11.2. The van der Waals surface area contributed by atoms with Gasteiger partial charge in [-0.2, -0.15) is 5.10 Å². The van der Waals surface area contributed by atoms with Crippen LogP contribution in [0.2, 0.25) is 0 Å². The van der Waals surface area contributed by atoms with Gasteiger partial charge >= 0.3 is 0 Å². The van der Waals surface area contributed by atoms with Gasteiger partial charge in [0.15, 0.2) is 0 Å². The van der Waals surface area contributed by atoms with Gasteiger partial charge < -0.3 is 0 Å². The SMILES string of the molecule is CCC(C)/C(C)=N/Nc1ccc(S(N)(=O)=O)cc1[N+](=O)[O-]. The molecule has 0 saturated heterocycles. The molecular weight excluding hydrogens is 296 g/mol. The number of hydrazone groups is 1. The molecule has 1 unspecified atom stereocenters. The Labute approximate surface area is 123 Å². The predicted molar refractivity (Wildman–Crippen MR) is 80.7 cm³/mol. The number of anilines is 1. The van der Waals surface area contributed by atoms with Gasteiger partial charge in [0.05, 0.1) is 9.82 Å². The number of rotatable bonds is 6. The highest BCUT2D eigenvalue weighted by Gasteiger charge is 2.19. The first-order valence-electron chi connectivity index (χ1n) is 6.28. The summed E-state index contributed by atoms with van der Waals surface area (Å²) in [5.74, 6) is 0.236. The van der Waals surface area contributed by atoms with E-state index in [-0.39, 0.29) is 16.5 Å². The first kappa shape index (κ1) is 17.1. The molecular formula is C12H18N4O4S. The Balaban J connectivity index is 3.17. The number of nitro benzene ring substituents is 1. The third-order valence-corrected chi connectivity index (χ3v) is 4.08. The number of nitro groups is 1. The van der Waals surface area contributed by atoms with E-state index in [0.717, 1.165) is 18.2 Å². The van der Waals surface area contributed by atoms with E-state index in [1.54, 1.807) is 0 Å². The van der Waals surface area contributed by atoms with Crippen LogP contribution in [0.25, 0.3) is 0 Å². The summed E-state index contributed by atoms with van der Waals surface area (Å²) in [6.07, 6.45) is 0.892. The predicted octanol–water partition coefficient (Wildman–Crippen LogP) is 2.08. The van der Waals surface area contributed by atoms with Crippen molar-refractivity contribution in [3.63, 3.8) is 0 Å². The highest BCUT2D eigenvalue weighted by atomic mass is 32.2. The van der Waals surface area contributed by atoms with Crippen LogP contribution in [0.5, 0.6) is 0 Å². The van der Waals surface area contributed by atoms with Crippen molar-refractivity contribution in [1.29, 1.82) is 0 Å². The molecule has 0 fully saturated rings. The van der Waals surface area contributed by atoms with Gasteiger partial charge in [-0.1, -0.05) is 13.8 Å². The molecule has 21 heavy (non-hydrogen) atoms. The van der Waals surface area contributed by atoms with E-state index in [9.17, 15) is 18.5 Å². The Hall–Kier alpha value is -2.00. The van der Waals surface area contributed by atoms with Crippen molar-refractivity contribution >= 4 is 27.1 Å². The first-order chi connectivity index (χ1) is 9.66. The fraction of sp³-hybridized carbons (Fsp3) is 0.417. The minimum absolute atomic E-state index is 0.107. The van der Waals surface area contributed by atoms with Crippen molar-refractivity contribution in [3.05, 3.63) is 28.3 Å². The van der Waals surface area contributed by atoms with E-state index in [1.807, 2.05) is 20.8 Å². The molecule has 1 rings (SSSR count). The summed E-state index contributed by atoms with van der Waals surface area (Å²) in [6, 6.07) is 3.37. The minimum atomic E-state index is -3.99. The lowest BCUT2D eigenvalue weighted by molar-refractivity contribution is -0.384. The van der Waals surface area contributed by atoms with Crippen molar-refractivity contribution < 1.29 is 13.3 Å². The highest BCUT2D eigenvalue weighted by Crippen LogP contribution is 2.27. The van der Waals surface area contributed by atoms with Crippen molar-refractivity contribution in [2.45, 2.75) is 32.1 Å². The maximum Gasteiger partial charge on any atom is 0.295 e. The first-order valence-corrected chi connectivity index (χ1v) is 7.82.